The number of hydrogen-bond acceptors (Lipinski definition) is 4. The molecule has 0 spiro atoms. The zero-order valence-electron chi connectivity index (χ0n) is 17.3. The lowest BCUT2D eigenvalue weighted by Gasteiger charge is -2.14. The van der Waals surface area contributed by atoms with Gasteiger partial charge in [-0.15, -0.1) is 0 Å². The number of hydrogen-bond donors (Lipinski definition) is 0. The first kappa shape index (κ1) is 21.8. The molecule has 0 radical (unpaired) electrons. The molecule has 4 aromatic rings. The van der Waals surface area contributed by atoms with Crippen LogP contribution in [0, 0.1) is 0 Å². The first-order chi connectivity index (χ1) is 15.3. The molecule has 2 aromatic heterocycles. The Morgan fingerprint density at radius 3 is 2.31 bits per heavy atom. The standard InChI is InChI=1S/C23H20F3N3O3/c1-31-22(32-2)14-29-20-8-7-19(11-17(20)13-27-29)28-10-9-16(12-21(28)30)15-3-5-18(6-4-15)23(24,25)26/h3-13,22H,14H2,1-2H3. The molecule has 0 aliphatic rings. The molecule has 32 heavy (non-hydrogen) atoms. The molecular weight excluding hydrogens is 423 g/mol. The zero-order chi connectivity index (χ0) is 22.9. The van der Waals surface area contributed by atoms with E-state index in [2.05, 4.69) is 5.10 Å². The Bertz CT molecular complexity index is 1290. The lowest BCUT2D eigenvalue weighted by molar-refractivity contribution is -0.137. The second-order valence-corrected chi connectivity index (χ2v) is 7.17. The fourth-order valence-electron chi connectivity index (χ4n) is 3.48. The normalized spacial score (nSPS) is 12.1. The summed E-state index contributed by atoms with van der Waals surface area (Å²) in [5.74, 6) is 0. The molecule has 0 aliphatic carbocycles. The van der Waals surface area contributed by atoms with Crippen molar-refractivity contribution in [3.8, 4) is 16.8 Å². The van der Waals surface area contributed by atoms with Gasteiger partial charge in [0.15, 0.2) is 6.29 Å². The molecule has 2 aromatic carbocycles. The minimum absolute atomic E-state index is 0.298. The molecule has 166 valence electrons. The summed E-state index contributed by atoms with van der Waals surface area (Å²) in [6, 6.07) is 13.3. The zero-order valence-corrected chi connectivity index (χ0v) is 17.3. The van der Waals surface area contributed by atoms with E-state index in [1.165, 1.54) is 22.8 Å². The number of ether oxygens (including phenoxy) is 2. The molecule has 0 aliphatic heterocycles. The van der Waals surface area contributed by atoms with Crippen LogP contribution in [0.4, 0.5) is 13.2 Å². The van der Waals surface area contributed by atoms with E-state index in [0.29, 0.717) is 23.4 Å². The van der Waals surface area contributed by atoms with E-state index in [9.17, 15) is 18.0 Å². The highest BCUT2D eigenvalue weighted by Crippen LogP contribution is 2.30. The monoisotopic (exact) mass is 443 g/mol. The second kappa shape index (κ2) is 8.60. The Morgan fingerprint density at radius 2 is 1.69 bits per heavy atom. The van der Waals surface area contributed by atoms with Crippen LogP contribution in [0.2, 0.25) is 0 Å². The van der Waals surface area contributed by atoms with E-state index < -0.39 is 18.0 Å². The van der Waals surface area contributed by atoms with Crippen molar-refractivity contribution in [1.29, 1.82) is 0 Å². The highest BCUT2D eigenvalue weighted by Gasteiger charge is 2.30. The summed E-state index contributed by atoms with van der Waals surface area (Å²) in [7, 11) is 3.11. The number of fused-ring (bicyclic) bond motifs is 1. The van der Waals surface area contributed by atoms with Crippen molar-refractivity contribution < 1.29 is 22.6 Å². The van der Waals surface area contributed by atoms with Gasteiger partial charge < -0.3 is 9.47 Å². The minimum Gasteiger partial charge on any atom is -0.354 e. The van der Waals surface area contributed by atoms with E-state index in [4.69, 9.17) is 9.47 Å². The van der Waals surface area contributed by atoms with Crippen molar-refractivity contribution in [2.24, 2.45) is 0 Å². The predicted molar refractivity (Wildman–Crippen MR) is 114 cm³/mol. The molecule has 6 nitrogen and oxygen atoms in total. The molecule has 0 atom stereocenters. The lowest BCUT2D eigenvalue weighted by Crippen LogP contribution is -2.21. The molecule has 4 rings (SSSR count). The Hall–Kier alpha value is -3.43. The van der Waals surface area contributed by atoms with Crippen LogP contribution in [0.3, 0.4) is 0 Å². The van der Waals surface area contributed by atoms with E-state index >= 15 is 0 Å². The Labute approximate surface area is 181 Å². The maximum atomic E-state index is 12.8. The summed E-state index contributed by atoms with van der Waals surface area (Å²) in [5.41, 5.74) is 1.56. The molecule has 2 heterocycles. The quantitative estimate of drug-likeness (QED) is 0.412. The fraction of sp³-hybridized carbons (Fsp3) is 0.217. The Morgan fingerprint density at radius 1 is 0.969 bits per heavy atom. The molecule has 9 heteroatoms. The van der Waals surface area contributed by atoms with E-state index in [1.54, 1.807) is 43.4 Å². The van der Waals surface area contributed by atoms with Crippen LogP contribution in [0.1, 0.15) is 5.56 Å². The minimum atomic E-state index is -4.40. The van der Waals surface area contributed by atoms with Crippen molar-refractivity contribution >= 4 is 10.9 Å². The topological polar surface area (TPSA) is 58.3 Å². The molecule has 0 amide bonds. The number of rotatable bonds is 6. The van der Waals surface area contributed by atoms with Crippen LogP contribution in [0.25, 0.3) is 27.7 Å². The third-order valence-corrected chi connectivity index (χ3v) is 5.22. The predicted octanol–water partition coefficient (Wildman–Crippen LogP) is 4.49. The number of methoxy groups -OCH3 is 2. The van der Waals surface area contributed by atoms with Crippen molar-refractivity contribution in [2.45, 2.75) is 19.0 Å². The van der Waals surface area contributed by atoms with Crippen LogP contribution in [-0.4, -0.2) is 34.9 Å². The van der Waals surface area contributed by atoms with Crippen LogP contribution in [0.15, 0.2) is 71.8 Å². The van der Waals surface area contributed by atoms with Gasteiger partial charge >= 0.3 is 6.18 Å². The molecule has 0 unspecified atom stereocenters. The molecule has 0 saturated carbocycles. The average molecular weight is 443 g/mol. The largest absolute Gasteiger partial charge is 0.416 e. The van der Waals surface area contributed by atoms with Crippen molar-refractivity contribution in [2.75, 3.05) is 14.2 Å². The summed E-state index contributed by atoms with van der Waals surface area (Å²) < 4.78 is 52.0. The summed E-state index contributed by atoms with van der Waals surface area (Å²) in [6.45, 7) is 0.414. The number of pyridine rings is 1. The summed E-state index contributed by atoms with van der Waals surface area (Å²) in [5, 5.41) is 5.20. The first-order valence-corrected chi connectivity index (χ1v) is 9.72. The van der Waals surface area contributed by atoms with Gasteiger partial charge in [0.25, 0.3) is 5.56 Å². The van der Waals surface area contributed by atoms with Gasteiger partial charge in [-0.25, -0.2) is 0 Å². The van der Waals surface area contributed by atoms with Crippen molar-refractivity contribution in [3.05, 3.63) is 82.9 Å². The van der Waals surface area contributed by atoms with Gasteiger partial charge in [0, 0.05) is 37.6 Å². The van der Waals surface area contributed by atoms with Gasteiger partial charge in [-0.2, -0.15) is 18.3 Å². The third-order valence-electron chi connectivity index (χ3n) is 5.22. The molecule has 0 saturated heterocycles. The number of benzene rings is 2. The first-order valence-electron chi connectivity index (χ1n) is 9.72. The highest BCUT2D eigenvalue weighted by molar-refractivity contribution is 5.81. The Balaban J connectivity index is 1.62. The van der Waals surface area contributed by atoms with Gasteiger partial charge in [-0.1, -0.05) is 12.1 Å². The molecule has 0 N–H and O–H groups in total. The summed E-state index contributed by atoms with van der Waals surface area (Å²) >= 11 is 0. The smallest absolute Gasteiger partial charge is 0.354 e. The van der Waals surface area contributed by atoms with Crippen LogP contribution < -0.4 is 5.56 Å². The van der Waals surface area contributed by atoms with Gasteiger partial charge in [0.05, 0.1) is 23.8 Å². The average Bonchev–Trinajstić information content (AvgIpc) is 3.18. The molecule has 0 bridgehead atoms. The van der Waals surface area contributed by atoms with Crippen LogP contribution in [-0.2, 0) is 22.2 Å². The summed E-state index contributed by atoms with van der Waals surface area (Å²) in [4.78, 5) is 12.7. The summed E-state index contributed by atoms with van der Waals surface area (Å²) in [6.07, 6.45) is -1.53. The number of aromatic nitrogens is 3. The van der Waals surface area contributed by atoms with Gasteiger partial charge in [-0.05, 0) is 47.5 Å². The Kier molecular flexibility index (Phi) is 5.86. The number of alkyl halides is 3. The lowest BCUT2D eigenvalue weighted by atomic mass is 10.0. The third kappa shape index (κ3) is 4.30. The highest BCUT2D eigenvalue weighted by atomic mass is 19.4. The van der Waals surface area contributed by atoms with Crippen molar-refractivity contribution in [1.82, 2.24) is 14.3 Å². The fourth-order valence-corrected chi connectivity index (χ4v) is 3.48. The SMILES string of the molecule is COC(Cn1ncc2cc(-n3ccc(-c4ccc(C(F)(F)F)cc4)cc3=O)ccc21)OC. The second-order valence-electron chi connectivity index (χ2n) is 7.17. The van der Waals surface area contributed by atoms with Crippen molar-refractivity contribution in [3.63, 3.8) is 0 Å². The number of nitrogens with zero attached hydrogens (tertiary/aromatic N) is 3. The molecule has 0 fully saturated rings. The van der Waals surface area contributed by atoms with Crippen LogP contribution in [0.5, 0.6) is 0 Å². The van der Waals surface area contributed by atoms with E-state index in [1.807, 2.05) is 12.1 Å². The van der Waals surface area contributed by atoms with Gasteiger partial charge in [0.1, 0.15) is 0 Å². The van der Waals surface area contributed by atoms with E-state index in [0.717, 1.165) is 23.0 Å². The maximum Gasteiger partial charge on any atom is 0.416 e. The maximum absolute atomic E-state index is 12.8. The number of halogens is 3. The van der Waals surface area contributed by atoms with Gasteiger partial charge in [-0.3, -0.25) is 14.0 Å². The van der Waals surface area contributed by atoms with Gasteiger partial charge in [0.2, 0.25) is 0 Å². The van der Waals surface area contributed by atoms with E-state index in [-0.39, 0.29) is 5.56 Å². The molecular formula is C23H20F3N3O3. The van der Waals surface area contributed by atoms with Crippen LogP contribution >= 0.6 is 0 Å².